The first-order chi connectivity index (χ1) is 21.0. The average Bonchev–Trinajstić information content (AvgIpc) is 3.10. The maximum atomic E-state index is 8.00. The van der Waals surface area contributed by atoms with Gasteiger partial charge in [0.25, 0.3) is 0 Å². The minimum absolute atomic E-state index is 1.11. The number of rotatable bonds is 10. The summed E-state index contributed by atoms with van der Waals surface area (Å²) < 4.78 is 16.0. The van der Waals surface area contributed by atoms with Crippen molar-refractivity contribution in [3.05, 3.63) is 182 Å². The van der Waals surface area contributed by atoms with Crippen molar-refractivity contribution in [3.8, 4) is 0 Å². The first kappa shape index (κ1) is 29.0. The van der Waals surface area contributed by atoms with Crippen LogP contribution in [0.3, 0.4) is 0 Å². The third-order valence-corrected chi connectivity index (χ3v) is 21.8. The summed E-state index contributed by atoms with van der Waals surface area (Å²) in [5, 5.41) is 7.09. The molecule has 5 heteroatoms. The Morgan fingerprint density at radius 2 is 0.465 bits per heavy atom. The summed E-state index contributed by atoms with van der Waals surface area (Å²) in [5.41, 5.74) is 0. The van der Waals surface area contributed by atoms with Crippen molar-refractivity contribution in [2.75, 3.05) is 0 Å². The Balaban J connectivity index is 1.66. The van der Waals surface area contributed by atoms with E-state index in [2.05, 4.69) is 195 Å². The zero-order valence-electron chi connectivity index (χ0n) is 24.6. The minimum Gasteiger partial charge on any atom is -0.422 e. The average molecular weight is 609 g/mol. The standard InChI is InChI=1S/C38H36O2Si3/c1-41(33-21-9-3-10-22-33,34-23-11-4-12-24-34)39-43(37-29-17-7-18-30-37,38-31-19-8-20-32-38)40-42(2,35-25-13-5-14-26-35)36-27-15-6-16-28-36/h3-32H,1-2H3. The van der Waals surface area contributed by atoms with E-state index >= 15 is 0 Å². The molecule has 6 rings (SSSR count). The van der Waals surface area contributed by atoms with Crippen molar-refractivity contribution >= 4 is 56.3 Å². The van der Waals surface area contributed by atoms with Crippen molar-refractivity contribution in [3.63, 3.8) is 0 Å². The van der Waals surface area contributed by atoms with Crippen LogP contribution in [-0.2, 0) is 8.23 Å². The van der Waals surface area contributed by atoms with Crippen molar-refractivity contribution < 1.29 is 8.23 Å². The Morgan fingerprint density at radius 3 is 0.674 bits per heavy atom. The first-order valence-corrected chi connectivity index (χ1v) is 21.4. The SMILES string of the molecule is C[Si](O[Si](O[Si](C)(c1ccccc1)c1ccccc1)(c1ccccc1)c1ccccc1)(c1ccccc1)c1ccccc1. The summed E-state index contributed by atoms with van der Waals surface area (Å²) in [6.45, 7) is 4.66. The summed E-state index contributed by atoms with van der Waals surface area (Å²) in [7, 11) is -9.12. The molecule has 0 saturated heterocycles. The predicted molar refractivity (Wildman–Crippen MR) is 188 cm³/mol. The molecule has 0 fully saturated rings. The van der Waals surface area contributed by atoms with Crippen molar-refractivity contribution in [2.45, 2.75) is 13.1 Å². The van der Waals surface area contributed by atoms with Crippen LogP contribution in [0.25, 0.3) is 0 Å². The van der Waals surface area contributed by atoms with Crippen molar-refractivity contribution in [1.82, 2.24) is 0 Å². The Hall–Kier alpha value is -4.11. The Bertz CT molecular complexity index is 1510. The number of benzene rings is 6. The molecule has 0 aliphatic heterocycles. The zero-order chi connectivity index (χ0) is 29.6. The lowest BCUT2D eigenvalue weighted by molar-refractivity contribution is 0.425. The lowest BCUT2D eigenvalue weighted by atomic mass is 10.4. The molecule has 0 unspecified atom stereocenters. The van der Waals surface area contributed by atoms with Gasteiger partial charge in [-0.1, -0.05) is 182 Å². The van der Waals surface area contributed by atoms with Gasteiger partial charge >= 0.3 is 8.56 Å². The summed E-state index contributed by atoms with van der Waals surface area (Å²) in [5.74, 6) is 0. The van der Waals surface area contributed by atoms with E-state index in [0.717, 1.165) is 10.4 Å². The molecule has 6 aromatic rings. The van der Waals surface area contributed by atoms with E-state index in [9.17, 15) is 0 Å². The van der Waals surface area contributed by atoms with Gasteiger partial charge in [-0.25, -0.2) is 0 Å². The maximum absolute atomic E-state index is 8.00. The second kappa shape index (κ2) is 12.6. The highest BCUT2D eigenvalue weighted by molar-refractivity contribution is 7.11. The molecule has 0 aliphatic carbocycles. The molecule has 0 aromatic heterocycles. The molecule has 0 aliphatic rings. The molecule has 6 aromatic carbocycles. The molecule has 43 heavy (non-hydrogen) atoms. The molecule has 0 radical (unpaired) electrons. The summed E-state index contributed by atoms with van der Waals surface area (Å²) in [4.78, 5) is 0. The van der Waals surface area contributed by atoms with Gasteiger partial charge in [0.15, 0.2) is 0 Å². The largest absolute Gasteiger partial charge is 0.422 e. The van der Waals surface area contributed by atoms with E-state index in [0.29, 0.717) is 0 Å². The van der Waals surface area contributed by atoms with E-state index in [1.807, 2.05) is 0 Å². The Kier molecular flexibility index (Phi) is 8.52. The second-order valence-electron chi connectivity index (χ2n) is 11.1. The minimum atomic E-state index is -3.43. The lowest BCUT2D eigenvalue weighted by Crippen LogP contribution is -2.78. The summed E-state index contributed by atoms with van der Waals surface area (Å²) in [6.07, 6.45) is 0. The van der Waals surface area contributed by atoms with Gasteiger partial charge < -0.3 is 8.23 Å². The molecule has 0 heterocycles. The molecular weight excluding hydrogens is 573 g/mol. The fraction of sp³-hybridized carbons (Fsp3) is 0.0526. The van der Waals surface area contributed by atoms with Crippen molar-refractivity contribution in [2.24, 2.45) is 0 Å². The topological polar surface area (TPSA) is 18.5 Å². The molecule has 0 N–H and O–H groups in total. The highest BCUT2D eigenvalue weighted by Crippen LogP contribution is 2.23. The van der Waals surface area contributed by atoms with Crippen molar-refractivity contribution in [1.29, 1.82) is 0 Å². The van der Waals surface area contributed by atoms with Crippen LogP contribution >= 0.6 is 0 Å². The number of hydrogen-bond donors (Lipinski definition) is 0. The van der Waals surface area contributed by atoms with Crippen LogP contribution in [0.1, 0.15) is 0 Å². The maximum Gasteiger partial charge on any atom is 0.387 e. The van der Waals surface area contributed by atoms with E-state index in [-0.39, 0.29) is 0 Å². The Labute approximate surface area is 258 Å². The fourth-order valence-corrected chi connectivity index (χ4v) is 20.4. The van der Waals surface area contributed by atoms with E-state index in [1.54, 1.807) is 0 Å². The van der Waals surface area contributed by atoms with Crippen LogP contribution in [0.4, 0.5) is 0 Å². The predicted octanol–water partition coefficient (Wildman–Crippen LogP) is 5.06. The highest BCUT2D eigenvalue weighted by Gasteiger charge is 2.54. The van der Waals surface area contributed by atoms with Gasteiger partial charge in [-0.2, -0.15) is 0 Å². The molecule has 0 saturated carbocycles. The lowest BCUT2D eigenvalue weighted by Gasteiger charge is -2.45. The van der Waals surface area contributed by atoms with Gasteiger partial charge in [0, 0.05) is 0 Å². The molecular formula is C38H36O2Si3. The van der Waals surface area contributed by atoms with Crippen LogP contribution in [0.2, 0.25) is 13.1 Å². The first-order valence-electron chi connectivity index (χ1n) is 14.8. The van der Waals surface area contributed by atoms with E-state index in [1.165, 1.54) is 20.7 Å². The smallest absolute Gasteiger partial charge is 0.387 e. The quantitative estimate of drug-likeness (QED) is 0.203. The molecule has 212 valence electrons. The molecule has 0 bridgehead atoms. The normalized spacial score (nSPS) is 12.1. The van der Waals surface area contributed by atoms with Gasteiger partial charge in [0.2, 0.25) is 16.6 Å². The molecule has 2 nitrogen and oxygen atoms in total. The van der Waals surface area contributed by atoms with Gasteiger partial charge in [-0.3, -0.25) is 0 Å². The van der Waals surface area contributed by atoms with Gasteiger partial charge in [-0.05, 0) is 44.2 Å². The van der Waals surface area contributed by atoms with E-state index < -0.39 is 25.2 Å². The highest BCUT2D eigenvalue weighted by atomic mass is 28.5. The van der Waals surface area contributed by atoms with E-state index in [4.69, 9.17) is 8.23 Å². The second-order valence-corrected chi connectivity index (χ2v) is 21.5. The zero-order valence-corrected chi connectivity index (χ0v) is 27.6. The summed E-state index contributed by atoms with van der Waals surface area (Å²) in [6, 6.07) is 64.4. The fourth-order valence-electron chi connectivity index (χ4n) is 5.91. The van der Waals surface area contributed by atoms with Crippen LogP contribution in [0, 0.1) is 0 Å². The van der Waals surface area contributed by atoms with Crippen LogP contribution in [-0.4, -0.2) is 25.2 Å². The Morgan fingerprint density at radius 1 is 0.279 bits per heavy atom. The monoisotopic (exact) mass is 608 g/mol. The number of hydrogen-bond acceptors (Lipinski definition) is 2. The van der Waals surface area contributed by atoms with Crippen LogP contribution < -0.4 is 31.1 Å². The molecule has 0 atom stereocenters. The third kappa shape index (κ3) is 5.78. The third-order valence-electron chi connectivity index (χ3n) is 8.30. The summed E-state index contributed by atoms with van der Waals surface area (Å²) >= 11 is 0. The van der Waals surface area contributed by atoms with Gasteiger partial charge in [-0.15, -0.1) is 0 Å². The van der Waals surface area contributed by atoms with Crippen LogP contribution in [0.5, 0.6) is 0 Å². The van der Waals surface area contributed by atoms with Crippen LogP contribution in [0.15, 0.2) is 182 Å². The van der Waals surface area contributed by atoms with Gasteiger partial charge in [0.05, 0.1) is 0 Å². The molecule has 0 amide bonds. The molecule has 0 spiro atoms. The van der Waals surface area contributed by atoms with Gasteiger partial charge in [0.1, 0.15) is 0 Å².